The van der Waals surface area contributed by atoms with E-state index >= 15 is 0 Å². The molecular weight excluding hydrogens is 661 g/mol. The largest absolute Gasteiger partial charge is 0.415 e. The second-order valence-corrected chi connectivity index (χ2v) is 30.5. The average Bonchev–Trinajstić information content (AvgIpc) is 3.71. The normalized spacial score (nSPS) is 27.4. The molecule has 1 amide bonds. The molecule has 2 saturated heterocycles. The van der Waals surface area contributed by atoms with Gasteiger partial charge in [-0.3, -0.25) is 4.79 Å². The Kier molecular flexibility index (Phi) is 14.2. The summed E-state index contributed by atoms with van der Waals surface area (Å²) in [6, 6.07) is 9.18. The number of ether oxygens (including phenoxy) is 2. The molecule has 0 aromatic heterocycles. The van der Waals surface area contributed by atoms with E-state index in [-0.39, 0.29) is 48.4 Å². The molecule has 8 nitrogen and oxygen atoms in total. The summed E-state index contributed by atoms with van der Waals surface area (Å²) in [7, 11) is -5.61. The van der Waals surface area contributed by atoms with Crippen molar-refractivity contribution in [3.63, 3.8) is 0 Å². The molecule has 3 rings (SSSR count). The van der Waals surface area contributed by atoms with E-state index in [9.17, 15) is 10.1 Å². The van der Waals surface area contributed by atoms with Crippen molar-refractivity contribution in [2.45, 2.75) is 140 Å². The lowest BCUT2D eigenvalue weighted by molar-refractivity contribution is -0.152. The zero-order valence-corrected chi connectivity index (χ0v) is 34.8. The summed E-state index contributed by atoms with van der Waals surface area (Å²) < 4.78 is 33.1. The summed E-state index contributed by atoms with van der Waals surface area (Å²) >= 11 is 1.64. The summed E-state index contributed by atoms with van der Waals surface area (Å²) in [5, 5.41) is 12.6. The molecule has 2 heterocycles. The summed E-state index contributed by atoms with van der Waals surface area (Å²) in [6.07, 6.45) is 4.81. The van der Waals surface area contributed by atoms with Gasteiger partial charge in [0.15, 0.2) is 25.0 Å². The molecule has 0 bridgehead atoms. The Hall–Kier alpha value is -1.28. The standard InChI is InChI=1S/C35H60N2O6SSi3/c1-23(19-32(38)37-29(21-36)26-14-16-28(44-4)17-15-26)18-30-35(43-47(11,12)13)34(42-46(8,9)10)27(22-39-30)20-31-33(40-31)24(2)25(3)41-45(5,6)7/h14-17,19,24-25,27,29-31,33-35H,18,20,22H2,1-13H3,(H,37,38)/b23-19+/t24-,25-,27-,29?,30-,31-,33-,34+,35-/m0/s1. The Balaban J connectivity index is 1.75. The molecule has 9 atom stereocenters. The van der Waals surface area contributed by atoms with Crippen molar-refractivity contribution in [2.24, 2.45) is 11.8 Å². The van der Waals surface area contributed by atoms with Crippen LogP contribution in [0, 0.1) is 23.2 Å². The van der Waals surface area contributed by atoms with E-state index in [4.69, 9.17) is 22.8 Å². The van der Waals surface area contributed by atoms with Gasteiger partial charge >= 0.3 is 0 Å². The molecule has 47 heavy (non-hydrogen) atoms. The number of carbonyl (C=O) groups excluding carboxylic acids is 1. The average molecular weight is 721 g/mol. The highest BCUT2D eigenvalue weighted by atomic mass is 32.2. The van der Waals surface area contributed by atoms with E-state index in [2.05, 4.69) is 84.2 Å². The fraction of sp³-hybridized carbons (Fsp3) is 0.714. The van der Waals surface area contributed by atoms with Crippen molar-refractivity contribution in [1.29, 1.82) is 5.26 Å². The van der Waals surface area contributed by atoms with Crippen molar-refractivity contribution in [2.75, 3.05) is 12.9 Å². The second kappa shape index (κ2) is 16.6. The molecule has 1 N–H and O–H groups in total. The molecule has 2 aliphatic heterocycles. The molecule has 0 spiro atoms. The van der Waals surface area contributed by atoms with Crippen LogP contribution in [-0.2, 0) is 27.5 Å². The first-order chi connectivity index (χ1) is 21.7. The monoisotopic (exact) mass is 720 g/mol. The molecule has 1 unspecified atom stereocenters. The maximum absolute atomic E-state index is 13.1. The van der Waals surface area contributed by atoms with Crippen LogP contribution in [0.2, 0.25) is 58.9 Å². The van der Waals surface area contributed by atoms with Gasteiger partial charge in [0.2, 0.25) is 5.91 Å². The van der Waals surface area contributed by atoms with Gasteiger partial charge in [0.1, 0.15) is 6.04 Å². The summed E-state index contributed by atoms with van der Waals surface area (Å²) in [4.78, 5) is 14.2. The van der Waals surface area contributed by atoms with Crippen LogP contribution in [0.1, 0.15) is 45.2 Å². The molecule has 1 aromatic carbocycles. The van der Waals surface area contributed by atoms with Crippen molar-refractivity contribution in [1.82, 2.24) is 5.32 Å². The fourth-order valence-corrected chi connectivity index (χ4v) is 10.2. The van der Waals surface area contributed by atoms with Gasteiger partial charge in [0.25, 0.3) is 0 Å². The zero-order chi connectivity index (χ0) is 35.3. The molecule has 2 fully saturated rings. The lowest BCUT2D eigenvalue weighted by Crippen LogP contribution is -2.58. The highest BCUT2D eigenvalue weighted by molar-refractivity contribution is 7.98. The molecule has 2 aliphatic rings. The Morgan fingerprint density at radius 1 is 1.00 bits per heavy atom. The van der Waals surface area contributed by atoms with Crippen molar-refractivity contribution in [3.8, 4) is 6.07 Å². The third-order valence-corrected chi connectivity index (χ3v) is 12.2. The lowest BCUT2D eigenvalue weighted by Gasteiger charge is -2.47. The van der Waals surface area contributed by atoms with Crippen LogP contribution < -0.4 is 5.32 Å². The van der Waals surface area contributed by atoms with Gasteiger partial charge in [-0.15, -0.1) is 11.8 Å². The second-order valence-electron chi connectivity index (χ2n) is 16.2. The van der Waals surface area contributed by atoms with Crippen molar-refractivity contribution >= 4 is 42.6 Å². The SMILES string of the molecule is CSc1ccc(C(C#N)NC(=O)/C=C(\C)C[C@@H]2OC[C@H](C[C@@H]3O[C@H]3[C@@H](C)[C@H](C)O[Si](C)(C)C)[C@@H](O[Si](C)(C)C)[C@H]2O[Si](C)(C)C)cc1. The Morgan fingerprint density at radius 3 is 2.13 bits per heavy atom. The predicted octanol–water partition coefficient (Wildman–Crippen LogP) is 7.91. The van der Waals surface area contributed by atoms with Crippen LogP contribution in [0.3, 0.4) is 0 Å². The first kappa shape index (κ1) is 40.2. The van der Waals surface area contributed by atoms with Gasteiger partial charge in [0, 0.05) is 28.9 Å². The van der Waals surface area contributed by atoms with E-state index in [1.165, 1.54) is 0 Å². The van der Waals surface area contributed by atoms with Crippen molar-refractivity contribution in [3.05, 3.63) is 41.5 Å². The van der Waals surface area contributed by atoms with E-state index in [1.807, 2.05) is 37.4 Å². The maximum atomic E-state index is 13.1. The third kappa shape index (κ3) is 13.2. The summed E-state index contributed by atoms with van der Waals surface area (Å²) in [6.45, 7) is 26.9. The number of thioether (sulfide) groups is 1. The van der Waals surface area contributed by atoms with Crippen molar-refractivity contribution < 1.29 is 27.5 Å². The van der Waals surface area contributed by atoms with E-state index in [1.54, 1.807) is 17.8 Å². The van der Waals surface area contributed by atoms with Crippen LogP contribution in [-0.4, -0.2) is 80.3 Å². The maximum Gasteiger partial charge on any atom is 0.245 e. The lowest BCUT2D eigenvalue weighted by atomic mass is 9.85. The minimum Gasteiger partial charge on any atom is -0.415 e. The molecular formula is C35H60N2O6SSi3. The van der Waals surface area contributed by atoms with E-state index in [0.717, 1.165) is 22.5 Å². The molecule has 12 heteroatoms. The predicted molar refractivity (Wildman–Crippen MR) is 199 cm³/mol. The number of amides is 1. The van der Waals surface area contributed by atoms with Gasteiger partial charge < -0.3 is 28.1 Å². The molecule has 0 aliphatic carbocycles. The quantitative estimate of drug-likeness (QED) is 0.0796. The van der Waals surface area contributed by atoms with Gasteiger partial charge in [-0.2, -0.15) is 5.26 Å². The van der Waals surface area contributed by atoms with Crippen LogP contribution in [0.15, 0.2) is 40.8 Å². The number of nitrogens with zero attached hydrogens (tertiary/aromatic N) is 1. The third-order valence-electron chi connectivity index (χ3n) is 8.38. The number of benzene rings is 1. The summed E-state index contributed by atoms with van der Waals surface area (Å²) in [5.74, 6) is 0.146. The van der Waals surface area contributed by atoms with Crippen LogP contribution in [0.5, 0.6) is 0 Å². The first-order valence-corrected chi connectivity index (χ1v) is 28.5. The van der Waals surface area contributed by atoms with Crippen LogP contribution in [0.25, 0.3) is 0 Å². The number of epoxide rings is 1. The minimum atomic E-state index is -2.01. The Bertz CT molecular complexity index is 1250. The summed E-state index contributed by atoms with van der Waals surface area (Å²) in [5.41, 5.74) is 1.63. The zero-order valence-electron chi connectivity index (χ0n) is 31.0. The Labute approximate surface area is 292 Å². The molecule has 0 radical (unpaired) electrons. The van der Waals surface area contributed by atoms with E-state index < -0.39 is 31.0 Å². The van der Waals surface area contributed by atoms with Crippen LogP contribution in [0.4, 0.5) is 0 Å². The Morgan fingerprint density at radius 2 is 1.60 bits per heavy atom. The smallest absolute Gasteiger partial charge is 0.245 e. The number of nitriles is 1. The van der Waals surface area contributed by atoms with Gasteiger partial charge in [0.05, 0.1) is 43.2 Å². The fourth-order valence-electron chi connectivity index (χ4n) is 6.23. The van der Waals surface area contributed by atoms with Gasteiger partial charge in [-0.05, 0) is 110 Å². The molecule has 0 saturated carbocycles. The molecule has 264 valence electrons. The van der Waals surface area contributed by atoms with Gasteiger partial charge in [-0.1, -0.05) is 24.6 Å². The highest BCUT2D eigenvalue weighted by Crippen LogP contribution is 2.41. The van der Waals surface area contributed by atoms with Gasteiger partial charge in [-0.25, -0.2) is 0 Å². The number of rotatable bonds is 16. The molecule has 1 aromatic rings. The number of nitrogens with one attached hydrogen (secondary N) is 1. The number of hydrogen-bond acceptors (Lipinski definition) is 8. The number of hydrogen-bond donors (Lipinski definition) is 1. The number of carbonyl (C=O) groups is 1. The first-order valence-electron chi connectivity index (χ1n) is 17.0. The minimum absolute atomic E-state index is 0.128. The van der Waals surface area contributed by atoms with Crippen LogP contribution >= 0.6 is 11.8 Å². The highest BCUT2D eigenvalue weighted by Gasteiger charge is 2.51. The van der Waals surface area contributed by atoms with E-state index in [0.29, 0.717) is 18.9 Å². The topological polar surface area (TPSA) is 102 Å².